The molecule has 5 heteroatoms. The van der Waals surface area contributed by atoms with Gasteiger partial charge in [0.15, 0.2) is 0 Å². The fourth-order valence-electron chi connectivity index (χ4n) is 0. The molecule has 0 atom stereocenters. The summed E-state index contributed by atoms with van der Waals surface area (Å²) >= 11 is -0.556. The molecular formula is C4H13Cl2NSiTi. The first-order valence-electron chi connectivity index (χ1n) is 2.63. The van der Waals surface area contributed by atoms with Crippen molar-refractivity contribution >= 4 is 29.0 Å². The number of halogens is 2. The van der Waals surface area contributed by atoms with E-state index in [-0.39, 0.29) is 0 Å². The van der Waals surface area contributed by atoms with Crippen molar-refractivity contribution in [3.63, 3.8) is 0 Å². The molecule has 0 spiro atoms. The molecule has 0 bridgehead atoms. The fourth-order valence-corrected chi connectivity index (χ4v) is 0. The van der Waals surface area contributed by atoms with Gasteiger partial charge in [-0.3, -0.25) is 0 Å². The summed E-state index contributed by atoms with van der Waals surface area (Å²) in [5.74, 6) is 0. The second kappa shape index (κ2) is 7.58. The van der Waals surface area contributed by atoms with Crippen LogP contribution in [0.4, 0.5) is 0 Å². The maximum atomic E-state index is 4.89. The van der Waals surface area contributed by atoms with Gasteiger partial charge in [0.05, 0.1) is 10.4 Å². The molecule has 0 aromatic heterocycles. The summed E-state index contributed by atoms with van der Waals surface area (Å²) in [7, 11) is 10.9. The number of hydrogen-bond donors (Lipinski definition) is 1. The van der Waals surface area contributed by atoms with Gasteiger partial charge in [0.1, 0.15) is 0 Å². The van der Waals surface area contributed by atoms with Gasteiger partial charge in [-0.15, -0.1) is 0 Å². The molecule has 0 aliphatic rings. The first-order chi connectivity index (χ1) is 3.97. The minimum absolute atomic E-state index is 0.353. The third kappa shape index (κ3) is 26.4. The van der Waals surface area contributed by atoms with Gasteiger partial charge in [0.2, 0.25) is 0 Å². The van der Waals surface area contributed by atoms with Gasteiger partial charge in [0.25, 0.3) is 0 Å². The van der Waals surface area contributed by atoms with Gasteiger partial charge in [-0.25, -0.2) is 0 Å². The molecule has 0 heterocycles. The van der Waals surface area contributed by atoms with E-state index in [0.29, 0.717) is 5.54 Å². The van der Waals surface area contributed by atoms with Crippen LogP contribution in [0.5, 0.6) is 0 Å². The van der Waals surface area contributed by atoms with Crippen LogP contribution in [-0.2, 0) is 17.0 Å². The summed E-state index contributed by atoms with van der Waals surface area (Å²) in [6.07, 6.45) is 0. The van der Waals surface area contributed by atoms with E-state index in [4.69, 9.17) is 18.6 Å². The van der Waals surface area contributed by atoms with Crippen molar-refractivity contribution in [2.24, 2.45) is 0 Å². The van der Waals surface area contributed by atoms with E-state index in [2.05, 4.69) is 25.8 Å². The molecule has 0 unspecified atom stereocenters. The Kier molecular flexibility index (Phi) is 11.0. The first-order valence-corrected chi connectivity index (χ1v) is 7.93. The fraction of sp³-hybridized carbons (Fsp3) is 1.00. The average molecular weight is 222 g/mol. The zero-order valence-electron chi connectivity index (χ0n) is 6.26. The molecular weight excluding hydrogens is 209 g/mol. The van der Waals surface area contributed by atoms with Crippen LogP contribution < -0.4 is 4.98 Å². The minimum atomic E-state index is -0.556. The van der Waals surface area contributed by atoms with Crippen molar-refractivity contribution in [1.82, 2.24) is 4.98 Å². The predicted molar refractivity (Wildman–Crippen MR) is 44.5 cm³/mol. The van der Waals surface area contributed by atoms with E-state index in [1.807, 2.05) is 0 Å². The summed E-state index contributed by atoms with van der Waals surface area (Å²) in [6, 6.07) is 0. The predicted octanol–water partition coefficient (Wildman–Crippen LogP) is 1.03. The van der Waals surface area contributed by atoms with E-state index in [9.17, 15) is 0 Å². The summed E-state index contributed by atoms with van der Waals surface area (Å²) in [4.78, 5) is 3.24. The standard InChI is InChI=1S/C4H13NSi.2ClH.Ti/c1-4(2,3)5-6;;;/h5H,1-3,6H3;2*1H;/q;;;+2/p-2. The van der Waals surface area contributed by atoms with E-state index in [1.165, 1.54) is 0 Å². The van der Waals surface area contributed by atoms with E-state index in [1.54, 1.807) is 0 Å². The van der Waals surface area contributed by atoms with Gasteiger partial charge in [-0.05, 0) is 20.8 Å². The topological polar surface area (TPSA) is 12.0 Å². The summed E-state index contributed by atoms with van der Waals surface area (Å²) in [5.41, 5.74) is 0.353. The molecule has 0 amide bonds. The number of rotatable bonds is 0. The van der Waals surface area contributed by atoms with Crippen molar-refractivity contribution in [2.45, 2.75) is 26.3 Å². The van der Waals surface area contributed by atoms with Gasteiger partial charge >= 0.3 is 35.6 Å². The molecule has 0 radical (unpaired) electrons. The van der Waals surface area contributed by atoms with E-state index in [0.717, 1.165) is 10.4 Å². The van der Waals surface area contributed by atoms with Gasteiger partial charge in [0, 0.05) is 5.54 Å². The zero-order chi connectivity index (χ0) is 7.91. The van der Waals surface area contributed by atoms with Crippen LogP contribution in [-0.4, -0.2) is 15.9 Å². The summed E-state index contributed by atoms with van der Waals surface area (Å²) in [5, 5.41) is 0. The summed E-state index contributed by atoms with van der Waals surface area (Å²) < 4.78 is 0. The Morgan fingerprint density at radius 2 is 1.44 bits per heavy atom. The maximum absolute atomic E-state index is 4.89. The van der Waals surface area contributed by atoms with Crippen molar-refractivity contribution in [1.29, 1.82) is 0 Å². The Hall–Kier alpha value is 1.47. The third-order valence-corrected chi connectivity index (χ3v) is 2.25. The summed E-state index contributed by atoms with van der Waals surface area (Å²) in [6.45, 7) is 6.50. The van der Waals surface area contributed by atoms with Crippen molar-refractivity contribution < 1.29 is 17.0 Å². The Bertz CT molecular complexity index is 57.0. The molecule has 1 N–H and O–H groups in total. The molecule has 0 aliphatic carbocycles. The second-order valence-corrected chi connectivity index (χ2v) is 5.65. The Labute approximate surface area is 77.1 Å². The Balaban J connectivity index is 0. The second-order valence-electron chi connectivity index (χ2n) is 2.57. The monoisotopic (exact) mass is 221 g/mol. The molecule has 0 aliphatic heterocycles. The van der Waals surface area contributed by atoms with Gasteiger partial charge in [-0.1, -0.05) is 0 Å². The average Bonchev–Trinajstić information content (AvgIpc) is 1.67. The molecule has 9 heavy (non-hydrogen) atoms. The number of nitrogens with one attached hydrogen (secondary N) is 1. The molecule has 0 saturated carbocycles. The molecule has 0 aromatic carbocycles. The van der Waals surface area contributed by atoms with Crippen LogP contribution in [0.2, 0.25) is 0 Å². The van der Waals surface area contributed by atoms with Crippen LogP contribution >= 0.6 is 18.6 Å². The van der Waals surface area contributed by atoms with E-state index >= 15 is 0 Å². The first kappa shape index (κ1) is 13.1. The van der Waals surface area contributed by atoms with E-state index < -0.39 is 17.0 Å². The molecule has 0 saturated heterocycles. The third-order valence-electron chi connectivity index (χ3n) is 0.750. The SMILES string of the molecule is CC(C)(C)N[SiH3].[Cl][Ti][Cl]. The zero-order valence-corrected chi connectivity index (χ0v) is 11.3. The normalized spacial score (nSPS) is 9.89. The van der Waals surface area contributed by atoms with Crippen LogP contribution in [0.25, 0.3) is 0 Å². The van der Waals surface area contributed by atoms with Gasteiger partial charge in [-0.2, -0.15) is 0 Å². The molecule has 56 valence electrons. The van der Waals surface area contributed by atoms with Crippen molar-refractivity contribution in [3.8, 4) is 0 Å². The molecule has 0 rings (SSSR count). The molecule has 0 aromatic rings. The molecule has 1 nitrogen and oxygen atoms in total. The van der Waals surface area contributed by atoms with Crippen LogP contribution in [0.15, 0.2) is 0 Å². The van der Waals surface area contributed by atoms with Crippen molar-refractivity contribution in [2.75, 3.05) is 0 Å². The Morgan fingerprint density at radius 1 is 1.33 bits per heavy atom. The van der Waals surface area contributed by atoms with Crippen LogP contribution in [0.3, 0.4) is 0 Å². The van der Waals surface area contributed by atoms with Gasteiger partial charge < -0.3 is 4.98 Å². The Morgan fingerprint density at radius 3 is 1.44 bits per heavy atom. The van der Waals surface area contributed by atoms with Crippen LogP contribution in [0, 0.1) is 0 Å². The van der Waals surface area contributed by atoms with Crippen LogP contribution in [0.1, 0.15) is 20.8 Å². The quantitative estimate of drug-likeness (QED) is 0.603. The van der Waals surface area contributed by atoms with Crippen molar-refractivity contribution in [3.05, 3.63) is 0 Å². The number of hydrogen-bond acceptors (Lipinski definition) is 1. The molecule has 0 fully saturated rings.